The minimum atomic E-state index is -0.859. The van der Waals surface area contributed by atoms with Gasteiger partial charge in [-0.25, -0.2) is 9.59 Å². The van der Waals surface area contributed by atoms with Gasteiger partial charge in [0, 0.05) is 11.6 Å². The molecule has 1 aliphatic carbocycles. The van der Waals surface area contributed by atoms with Crippen molar-refractivity contribution in [3.05, 3.63) is 58.9 Å². The van der Waals surface area contributed by atoms with Crippen LogP contribution in [0.4, 0.5) is 0 Å². The summed E-state index contributed by atoms with van der Waals surface area (Å²) in [6.07, 6.45) is 0.558. The summed E-state index contributed by atoms with van der Waals surface area (Å²) in [7, 11) is 0. The lowest BCUT2D eigenvalue weighted by Gasteiger charge is -2.13. The summed E-state index contributed by atoms with van der Waals surface area (Å²) in [6.45, 7) is 1.62. The van der Waals surface area contributed by atoms with Gasteiger partial charge in [0.1, 0.15) is 6.10 Å². The number of aliphatic hydroxyl groups excluding tert-OH is 1. The lowest BCUT2D eigenvalue weighted by atomic mass is 9.95. The van der Waals surface area contributed by atoms with Gasteiger partial charge in [0.2, 0.25) is 0 Å². The maximum Gasteiger partial charge on any atom is 0.338 e. The number of esters is 2. The van der Waals surface area contributed by atoms with E-state index < -0.39 is 36.4 Å². The first-order valence-corrected chi connectivity index (χ1v) is 7.29. The summed E-state index contributed by atoms with van der Waals surface area (Å²) in [5.74, 6) is -1.49. The van der Waals surface area contributed by atoms with Crippen LogP contribution in [-0.2, 0) is 23.8 Å². The van der Waals surface area contributed by atoms with Gasteiger partial charge in [-0.05, 0) is 18.1 Å². The van der Waals surface area contributed by atoms with Crippen molar-refractivity contribution >= 4 is 11.9 Å². The highest BCUT2D eigenvalue weighted by Gasteiger charge is 2.51. The Bertz CT molecular complexity index is 762. The lowest BCUT2D eigenvalue weighted by molar-refractivity contribution is -0.152. The monoisotopic (exact) mass is 314 g/mol. The highest BCUT2D eigenvalue weighted by Crippen LogP contribution is 2.53. The molecule has 0 radical (unpaired) electrons. The Kier molecular flexibility index (Phi) is 3.02. The first kappa shape index (κ1) is 14.0. The molecule has 118 valence electrons. The van der Waals surface area contributed by atoms with Gasteiger partial charge in [-0.15, -0.1) is 0 Å². The molecule has 0 spiro atoms. The Hall–Kier alpha value is -2.60. The molecule has 6 nitrogen and oxygen atoms in total. The van der Waals surface area contributed by atoms with Crippen LogP contribution >= 0.6 is 0 Å². The fourth-order valence-electron chi connectivity index (χ4n) is 3.22. The first-order chi connectivity index (χ1) is 11.1. The maximum atomic E-state index is 12.1. The number of rotatable bonds is 2. The van der Waals surface area contributed by atoms with Gasteiger partial charge < -0.3 is 19.3 Å². The zero-order valence-corrected chi connectivity index (χ0v) is 12.3. The number of ether oxygens (including phenoxy) is 3. The zero-order valence-electron chi connectivity index (χ0n) is 12.3. The average Bonchev–Trinajstić information content (AvgIpc) is 3.12. The van der Waals surface area contributed by atoms with Crippen molar-refractivity contribution < 1.29 is 28.9 Å². The molecule has 0 saturated carbocycles. The zero-order chi connectivity index (χ0) is 16.1. The predicted octanol–water partition coefficient (Wildman–Crippen LogP) is 1.68. The van der Waals surface area contributed by atoms with Crippen molar-refractivity contribution in [1.29, 1.82) is 0 Å². The molecule has 3 aliphatic rings. The fraction of sp³-hybridized carbons (Fsp3) is 0.294. The molecule has 4 rings (SSSR count). The van der Waals surface area contributed by atoms with Crippen molar-refractivity contribution in [2.75, 3.05) is 0 Å². The number of benzene rings is 1. The van der Waals surface area contributed by atoms with E-state index in [0.717, 1.165) is 11.1 Å². The number of hydrogen-bond donors (Lipinski definition) is 1. The largest absolute Gasteiger partial charge is 0.458 e. The third kappa shape index (κ3) is 2.06. The van der Waals surface area contributed by atoms with Gasteiger partial charge >= 0.3 is 11.9 Å². The van der Waals surface area contributed by atoms with Crippen LogP contribution in [0.25, 0.3) is 0 Å². The van der Waals surface area contributed by atoms with Gasteiger partial charge in [0.15, 0.2) is 0 Å². The summed E-state index contributed by atoms with van der Waals surface area (Å²) < 4.78 is 15.7. The lowest BCUT2D eigenvalue weighted by Crippen LogP contribution is -2.14. The van der Waals surface area contributed by atoms with Crippen LogP contribution in [-0.4, -0.2) is 23.3 Å². The Labute approximate surface area is 132 Å². The molecule has 2 aliphatic heterocycles. The van der Waals surface area contributed by atoms with Crippen molar-refractivity contribution in [2.24, 2.45) is 5.92 Å². The van der Waals surface area contributed by atoms with E-state index in [1.165, 1.54) is 12.3 Å². The highest BCUT2D eigenvalue weighted by atomic mass is 16.7. The second-order valence-corrected chi connectivity index (χ2v) is 5.76. The van der Waals surface area contributed by atoms with Crippen LogP contribution in [0.2, 0.25) is 0 Å². The van der Waals surface area contributed by atoms with Gasteiger partial charge in [-0.2, -0.15) is 0 Å². The molecule has 1 aromatic rings. The van der Waals surface area contributed by atoms with Crippen LogP contribution in [0.5, 0.6) is 0 Å². The fourth-order valence-corrected chi connectivity index (χ4v) is 3.22. The molecule has 1 fully saturated rings. The number of hydrogen-bond acceptors (Lipinski definition) is 6. The summed E-state index contributed by atoms with van der Waals surface area (Å²) >= 11 is 0. The van der Waals surface area contributed by atoms with Crippen LogP contribution in [0.3, 0.4) is 0 Å². The molecule has 6 heteroatoms. The second-order valence-electron chi connectivity index (χ2n) is 5.76. The van der Waals surface area contributed by atoms with Gasteiger partial charge in [0.05, 0.1) is 23.9 Å². The molecule has 4 atom stereocenters. The molecule has 0 amide bonds. The molecule has 0 aromatic heterocycles. The predicted molar refractivity (Wildman–Crippen MR) is 76.5 cm³/mol. The van der Waals surface area contributed by atoms with Crippen LogP contribution in [0.15, 0.2) is 47.7 Å². The molecule has 1 aromatic carbocycles. The molecule has 23 heavy (non-hydrogen) atoms. The SMILES string of the molecule is CC1=C[C@H](O/C=C2/C(=O)O[C@H]3c4ccccc4[C@H](O)[C@@H]23)OC1=O. The molecule has 1 saturated heterocycles. The number of carbonyl (C=O) groups excluding carboxylic acids is 2. The van der Waals surface area contributed by atoms with E-state index in [4.69, 9.17) is 14.2 Å². The van der Waals surface area contributed by atoms with Crippen LogP contribution in [0.1, 0.15) is 30.3 Å². The summed E-state index contributed by atoms with van der Waals surface area (Å²) in [6, 6.07) is 7.32. The number of aliphatic hydroxyl groups is 1. The Morgan fingerprint density at radius 1 is 1.13 bits per heavy atom. The third-order valence-electron chi connectivity index (χ3n) is 4.38. The Balaban J connectivity index is 1.60. The van der Waals surface area contributed by atoms with E-state index >= 15 is 0 Å². The van der Waals surface area contributed by atoms with Gasteiger partial charge in [0.25, 0.3) is 6.29 Å². The Morgan fingerprint density at radius 3 is 2.57 bits per heavy atom. The van der Waals surface area contributed by atoms with E-state index in [0.29, 0.717) is 5.57 Å². The highest BCUT2D eigenvalue weighted by molar-refractivity contribution is 5.92. The number of fused-ring (bicyclic) bond motifs is 3. The third-order valence-corrected chi connectivity index (χ3v) is 4.38. The topological polar surface area (TPSA) is 82.1 Å². The normalized spacial score (nSPS) is 33.1. The van der Waals surface area contributed by atoms with Crippen molar-refractivity contribution in [3.8, 4) is 0 Å². The van der Waals surface area contributed by atoms with E-state index in [2.05, 4.69) is 0 Å². The van der Waals surface area contributed by atoms with E-state index in [1.54, 1.807) is 6.92 Å². The summed E-state index contributed by atoms with van der Waals surface area (Å²) in [4.78, 5) is 23.4. The molecular weight excluding hydrogens is 300 g/mol. The molecule has 0 unspecified atom stereocenters. The molecule has 2 heterocycles. The summed E-state index contributed by atoms with van der Waals surface area (Å²) in [5.41, 5.74) is 2.26. The maximum absolute atomic E-state index is 12.1. The second kappa shape index (κ2) is 4.96. The quantitative estimate of drug-likeness (QED) is 0.508. The van der Waals surface area contributed by atoms with Crippen molar-refractivity contribution in [1.82, 2.24) is 0 Å². The average molecular weight is 314 g/mol. The van der Waals surface area contributed by atoms with Crippen molar-refractivity contribution in [2.45, 2.75) is 25.4 Å². The van der Waals surface area contributed by atoms with Crippen LogP contribution in [0, 0.1) is 5.92 Å². The first-order valence-electron chi connectivity index (χ1n) is 7.29. The number of carbonyl (C=O) groups is 2. The summed E-state index contributed by atoms with van der Waals surface area (Å²) in [5, 5.41) is 10.5. The molecule has 0 bridgehead atoms. The minimum Gasteiger partial charge on any atom is -0.458 e. The van der Waals surface area contributed by atoms with E-state index in [9.17, 15) is 14.7 Å². The van der Waals surface area contributed by atoms with E-state index in [-0.39, 0.29) is 5.57 Å². The minimum absolute atomic E-state index is 0.243. The Morgan fingerprint density at radius 2 is 1.87 bits per heavy atom. The number of cyclic esters (lactones) is 1. The van der Waals surface area contributed by atoms with Crippen molar-refractivity contribution in [3.63, 3.8) is 0 Å². The van der Waals surface area contributed by atoms with E-state index in [1.807, 2.05) is 24.3 Å². The molecular formula is C17H14O6. The van der Waals surface area contributed by atoms with Gasteiger partial charge in [-0.1, -0.05) is 24.3 Å². The smallest absolute Gasteiger partial charge is 0.338 e. The van der Waals surface area contributed by atoms with Crippen LogP contribution < -0.4 is 0 Å². The standard InChI is InChI=1S/C17H14O6/c1-8-6-12(22-16(8)19)21-7-11-13-14(18)9-4-2-3-5-10(9)15(13)23-17(11)20/h2-7,12-15,18H,1H3/b11-7+/t12-,13-,14+,15+/m1/s1. The van der Waals surface area contributed by atoms with Gasteiger partial charge in [-0.3, -0.25) is 0 Å². The molecule has 1 N–H and O–H groups in total.